The van der Waals surface area contributed by atoms with Crippen molar-refractivity contribution in [3.8, 4) is 0 Å². The minimum Gasteiger partial charge on any atom is -0.397 e. The van der Waals surface area contributed by atoms with Crippen LogP contribution in [0.25, 0.3) is 0 Å². The maximum absolute atomic E-state index is 5.87. The second kappa shape index (κ2) is 5.68. The van der Waals surface area contributed by atoms with Crippen molar-refractivity contribution < 1.29 is 0 Å². The van der Waals surface area contributed by atoms with Crippen LogP contribution in [0.4, 0.5) is 11.4 Å². The number of hydrogen-bond donors (Lipinski definition) is 2. The Labute approximate surface area is 109 Å². The van der Waals surface area contributed by atoms with Gasteiger partial charge < -0.3 is 11.1 Å². The van der Waals surface area contributed by atoms with E-state index in [2.05, 4.69) is 26.2 Å². The second-order valence-corrected chi connectivity index (χ2v) is 4.65. The lowest BCUT2D eigenvalue weighted by molar-refractivity contribution is 0.962. The largest absolute Gasteiger partial charge is 0.397 e. The van der Waals surface area contributed by atoms with E-state index in [1.54, 1.807) is 0 Å². The molecule has 0 aliphatic carbocycles. The third-order valence-corrected chi connectivity index (χ3v) is 2.93. The van der Waals surface area contributed by atoms with Crippen molar-refractivity contribution >= 4 is 27.3 Å². The van der Waals surface area contributed by atoms with Crippen LogP contribution in [0.2, 0.25) is 0 Å². The van der Waals surface area contributed by atoms with Crippen molar-refractivity contribution in [1.82, 2.24) is 4.98 Å². The first kappa shape index (κ1) is 11.9. The van der Waals surface area contributed by atoms with Gasteiger partial charge in [-0.15, -0.1) is 0 Å². The summed E-state index contributed by atoms with van der Waals surface area (Å²) in [4.78, 5) is 4.27. The van der Waals surface area contributed by atoms with Crippen LogP contribution in [0.1, 0.15) is 5.69 Å². The van der Waals surface area contributed by atoms with Crippen LogP contribution in [-0.2, 0) is 6.42 Å². The van der Waals surface area contributed by atoms with Gasteiger partial charge in [0, 0.05) is 29.3 Å². The lowest BCUT2D eigenvalue weighted by Crippen LogP contribution is -2.07. The van der Waals surface area contributed by atoms with Crippen molar-refractivity contribution in [1.29, 1.82) is 0 Å². The average molecular weight is 292 g/mol. The summed E-state index contributed by atoms with van der Waals surface area (Å²) < 4.78 is 1.02. The molecule has 0 unspecified atom stereocenters. The molecule has 4 heteroatoms. The zero-order valence-electron chi connectivity index (χ0n) is 9.36. The summed E-state index contributed by atoms with van der Waals surface area (Å²) in [5.74, 6) is 0. The number of halogens is 1. The molecule has 0 bridgehead atoms. The molecule has 17 heavy (non-hydrogen) atoms. The minimum atomic E-state index is 0.759. The highest BCUT2D eigenvalue weighted by atomic mass is 79.9. The summed E-state index contributed by atoms with van der Waals surface area (Å²) in [7, 11) is 0. The monoisotopic (exact) mass is 291 g/mol. The molecule has 0 amide bonds. The van der Waals surface area contributed by atoms with Crippen LogP contribution in [0.5, 0.6) is 0 Å². The standard InChI is InChI=1S/C13H14BrN3/c14-10-4-5-12(15)13(9-10)17-8-6-11-3-1-2-7-16-11/h1-5,7,9,17H,6,8,15H2. The molecular formula is C13H14BrN3. The van der Waals surface area contributed by atoms with Crippen LogP contribution >= 0.6 is 15.9 Å². The molecule has 0 radical (unpaired) electrons. The fourth-order valence-corrected chi connectivity index (χ4v) is 1.91. The molecule has 1 aromatic heterocycles. The zero-order chi connectivity index (χ0) is 12.1. The summed E-state index contributed by atoms with van der Waals surface area (Å²) >= 11 is 3.43. The molecule has 0 aliphatic rings. The molecule has 0 spiro atoms. The number of benzene rings is 1. The number of rotatable bonds is 4. The van der Waals surface area contributed by atoms with E-state index < -0.39 is 0 Å². The van der Waals surface area contributed by atoms with E-state index >= 15 is 0 Å². The molecule has 1 aromatic carbocycles. The maximum atomic E-state index is 5.87. The molecule has 2 rings (SSSR count). The molecule has 0 saturated heterocycles. The Morgan fingerprint density at radius 2 is 2.12 bits per heavy atom. The highest BCUT2D eigenvalue weighted by molar-refractivity contribution is 9.10. The summed E-state index contributed by atoms with van der Waals surface area (Å²) in [5.41, 5.74) is 8.66. The van der Waals surface area contributed by atoms with E-state index in [1.807, 2.05) is 42.6 Å². The molecule has 2 aromatic rings. The highest BCUT2D eigenvalue weighted by Gasteiger charge is 1.99. The summed E-state index contributed by atoms with van der Waals surface area (Å²) in [6, 6.07) is 11.7. The molecule has 0 aliphatic heterocycles. The van der Waals surface area contributed by atoms with Gasteiger partial charge in [-0.1, -0.05) is 22.0 Å². The summed E-state index contributed by atoms with van der Waals surface area (Å²) in [6.07, 6.45) is 2.69. The van der Waals surface area contributed by atoms with Gasteiger partial charge >= 0.3 is 0 Å². The van der Waals surface area contributed by atoms with Crippen molar-refractivity contribution in [2.24, 2.45) is 0 Å². The van der Waals surface area contributed by atoms with Gasteiger partial charge in [-0.3, -0.25) is 4.98 Å². The van der Waals surface area contributed by atoms with Crippen LogP contribution in [0.3, 0.4) is 0 Å². The molecule has 3 N–H and O–H groups in total. The van der Waals surface area contributed by atoms with E-state index in [9.17, 15) is 0 Å². The van der Waals surface area contributed by atoms with E-state index in [0.29, 0.717) is 0 Å². The van der Waals surface area contributed by atoms with Crippen LogP contribution in [-0.4, -0.2) is 11.5 Å². The van der Waals surface area contributed by atoms with Crippen molar-refractivity contribution in [2.45, 2.75) is 6.42 Å². The Morgan fingerprint density at radius 3 is 2.88 bits per heavy atom. The number of nitrogens with zero attached hydrogens (tertiary/aromatic N) is 1. The molecule has 3 nitrogen and oxygen atoms in total. The second-order valence-electron chi connectivity index (χ2n) is 3.73. The Kier molecular flexibility index (Phi) is 3.98. The predicted octanol–water partition coefficient (Wildman–Crippen LogP) is 3.08. The Hall–Kier alpha value is -1.55. The van der Waals surface area contributed by atoms with Crippen molar-refractivity contribution in [3.63, 3.8) is 0 Å². The van der Waals surface area contributed by atoms with Crippen LogP contribution in [0.15, 0.2) is 47.1 Å². The fourth-order valence-electron chi connectivity index (χ4n) is 1.55. The number of pyridine rings is 1. The number of anilines is 2. The van der Waals surface area contributed by atoms with Gasteiger partial charge in [0.25, 0.3) is 0 Å². The average Bonchev–Trinajstić information content (AvgIpc) is 2.35. The first-order valence-corrected chi connectivity index (χ1v) is 6.24. The normalized spacial score (nSPS) is 10.2. The lowest BCUT2D eigenvalue weighted by atomic mass is 10.2. The smallest absolute Gasteiger partial charge is 0.0585 e. The Balaban J connectivity index is 1.92. The van der Waals surface area contributed by atoms with Gasteiger partial charge in [0.05, 0.1) is 11.4 Å². The van der Waals surface area contributed by atoms with E-state index in [0.717, 1.165) is 34.5 Å². The molecule has 1 heterocycles. The molecule has 0 saturated carbocycles. The van der Waals surface area contributed by atoms with Gasteiger partial charge in [0.15, 0.2) is 0 Å². The molecule has 88 valence electrons. The number of hydrogen-bond acceptors (Lipinski definition) is 3. The maximum Gasteiger partial charge on any atom is 0.0585 e. The van der Waals surface area contributed by atoms with Crippen LogP contribution < -0.4 is 11.1 Å². The SMILES string of the molecule is Nc1ccc(Br)cc1NCCc1ccccn1. The molecule has 0 atom stereocenters. The fraction of sp³-hybridized carbons (Fsp3) is 0.154. The minimum absolute atomic E-state index is 0.759. The summed E-state index contributed by atoms with van der Waals surface area (Å²) in [5, 5.41) is 3.31. The van der Waals surface area contributed by atoms with Gasteiger partial charge in [-0.05, 0) is 30.3 Å². The van der Waals surface area contributed by atoms with Gasteiger partial charge in [-0.25, -0.2) is 0 Å². The number of nitrogens with one attached hydrogen (secondary N) is 1. The van der Waals surface area contributed by atoms with Crippen molar-refractivity contribution in [3.05, 3.63) is 52.8 Å². The zero-order valence-corrected chi connectivity index (χ0v) is 10.9. The van der Waals surface area contributed by atoms with Gasteiger partial charge in [-0.2, -0.15) is 0 Å². The number of nitrogen functional groups attached to an aromatic ring is 1. The Morgan fingerprint density at radius 1 is 1.24 bits per heavy atom. The number of aromatic nitrogens is 1. The molecule has 0 fully saturated rings. The Bertz CT molecular complexity index is 485. The van der Waals surface area contributed by atoms with Gasteiger partial charge in [0.1, 0.15) is 0 Å². The van der Waals surface area contributed by atoms with Crippen LogP contribution in [0, 0.1) is 0 Å². The summed E-state index contributed by atoms with van der Waals surface area (Å²) in [6.45, 7) is 0.817. The third kappa shape index (κ3) is 3.46. The van der Waals surface area contributed by atoms with Crippen molar-refractivity contribution in [2.75, 3.05) is 17.6 Å². The van der Waals surface area contributed by atoms with E-state index in [1.165, 1.54) is 0 Å². The quantitative estimate of drug-likeness (QED) is 0.851. The molecular weight excluding hydrogens is 278 g/mol. The third-order valence-electron chi connectivity index (χ3n) is 2.44. The highest BCUT2D eigenvalue weighted by Crippen LogP contribution is 2.23. The lowest BCUT2D eigenvalue weighted by Gasteiger charge is -2.09. The number of nitrogens with two attached hydrogens (primary N) is 1. The van der Waals surface area contributed by atoms with E-state index in [4.69, 9.17) is 5.73 Å². The first-order valence-electron chi connectivity index (χ1n) is 5.44. The van der Waals surface area contributed by atoms with E-state index in [-0.39, 0.29) is 0 Å². The van der Waals surface area contributed by atoms with Gasteiger partial charge in [0.2, 0.25) is 0 Å². The topological polar surface area (TPSA) is 50.9 Å². The predicted molar refractivity (Wildman–Crippen MR) is 75.0 cm³/mol. The first-order chi connectivity index (χ1) is 8.25.